The predicted octanol–water partition coefficient (Wildman–Crippen LogP) is 3.26. The molecule has 0 heterocycles. The molecule has 0 aromatic rings. The summed E-state index contributed by atoms with van der Waals surface area (Å²) in [7, 11) is 0. The van der Waals surface area contributed by atoms with Crippen molar-refractivity contribution < 1.29 is 4.79 Å². The van der Waals surface area contributed by atoms with Gasteiger partial charge in [0.1, 0.15) is 0 Å². The Kier molecular flexibility index (Phi) is 4.78. The van der Waals surface area contributed by atoms with Crippen LogP contribution < -0.4 is 5.32 Å². The summed E-state index contributed by atoms with van der Waals surface area (Å²) >= 11 is 0. The third-order valence-corrected chi connectivity index (χ3v) is 3.83. The molecule has 3 nitrogen and oxygen atoms in total. The molecular formula is C15H26N2O. The lowest BCUT2D eigenvalue weighted by atomic mass is 9.77. The molecule has 1 saturated carbocycles. The van der Waals surface area contributed by atoms with Gasteiger partial charge in [0.05, 0.1) is 11.5 Å². The maximum Gasteiger partial charge on any atom is 0.226 e. The highest BCUT2D eigenvalue weighted by Crippen LogP contribution is 2.43. The Morgan fingerprint density at radius 3 is 2.39 bits per heavy atom. The largest absolute Gasteiger partial charge is 0.354 e. The first-order valence-corrected chi connectivity index (χ1v) is 7.01. The Labute approximate surface area is 111 Å². The van der Waals surface area contributed by atoms with E-state index in [9.17, 15) is 4.79 Å². The molecule has 1 fully saturated rings. The third-order valence-electron chi connectivity index (χ3n) is 3.83. The first kappa shape index (κ1) is 15.0. The molecular weight excluding hydrogens is 224 g/mol. The van der Waals surface area contributed by atoms with Crippen LogP contribution in [-0.2, 0) is 4.79 Å². The average molecular weight is 250 g/mol. The fraction of sp³-hybridized carbons (Fsp3) is 0.867. The normalized spacial score (nSPS) is 18.7. The van der Waals surface area contributed by atoms with Gasteiger partial charge in [-0.25, -0.2) is 0 Å². The van der Waals surface area contributed by atoms with Crippen molar-refractivity contribution in [1.82, 2.24) is 5.32 Å². The van der Waals surface area contributed by atoms with Crippen LogP contribution in [0.25, 0.3) is 0 Å². The molecule has 1 rings (SSSR count). The van der Waals surface area contributed by atoms with Gasteiger partial charge in [-0.15, -0.1) is 0 Å². The van der Waals surface area contributed by atoms with E-state index in [-0.39, 0.29) is 11.3 Å². The molecule has 1 aliphatic rings. The number of hydrogen-bond acceptors (Lipinski definition) is 2. The molecule has 18 heavy (non-hydrogen) atoms. The van der Waals surface area contributed by atoms with Gasteiger partial charge in [-0.2, -0.15) is 5.26 Å². The van der Waals surface area contributed by atoms with Crippen molar-refractivity contribution in [2.45, 2.75) is 59.8 Å². The monoisotopic (exact) mass is 250 g/mol. The maximum atomic E-state index is 12.4. The van der Waals surface area contributed by atoms with Crippen LogP contribution in [0.15, 0.2) is 0 Å². The summed E-state index contributed by atoms with van der Waals surface area (Å²) in [4.78, 5) is 12.4. The number of nitrogens with one attached hydrogen (secondary N) is 1. The third kappa shape index (κ3) is 3.73. The molecule has 1 amide bonds. The van der Waals surface area contributed by atoms with E-state index in [0.717, 1.165) is 32.1 Å². The number of amides is 1. The zero-order valence-corrected chi connectivity index (χ0v) is 12.2. The minimum atomic E-state index is -0.479. The van der Waals surface area contributed by atoms with Crippen LogP contribution in [0, 0.1) is 28.1 Å². The van der Waals surface area contributed by atoms with Gasteiger partial charge in [0, 0.05) is 12.0 Å². The first-order valence-electron chi connectivity index (χ1n) is 7.01. The molecule has 0 saturated heterocycles. The van der Waals surface area contributed by atoms with E-state index >= 15 is 0 Å². The minimum absolute atomic E-state index is 0.164. The molecule has 3 heteroatoms. The molecule has 0 radical (unpaired) electrons. The quantitative estimate of drug-likeness (QED) is 0.814. The zero-order valence-electron chi connectivity index (χ0n) is 12.2. The molecule has 0 aliphatic heterocycles. The zero-order chi connectivity index (χ0) is 13.8. The summed E-state index contributed by atoms with van der Waals surface area (Å²) in [6, 6.07) is 2.23. The number of hydrogen-bond donors (Lipinski definition) is 1. The minimum Gasteiger partial charge on any atom is -0.354 e. The Hall–Kier alpha value is -1.04. The van der Waals surface area contributed by atoms with Crippen molar-refractivity contribution in [2.24, 2.45) is 16.7 Å². The lowest BCUT2D eigenvalue weighted by Gasteiger charge is -2.30. The van der Waals surface area contributed by atoms with Crippen LogP contribution in [0.5, 0.6) is 0 Å². The number of carbonyl (C=O) groups excluding carboxylic acids is 1. The maximum absolute atomic E-state index is 12.4. The predicted molar refractivity (Wildman–Crippen MR) is 72.8 cm³/mol. The fourth-order valence-electron chi connectivity index (χ4n) is 2.89. The molecule has 0 bridgehead atoms. The van der Waals surface area contributed by atoms with Crippen molar-refractivity contribution >= 4 is 5.91 Å². The van der Waals surface area contributed by atoms with Gasteiger partial charge in [-0.3, -0.25) is 4.79 Å². The molecule has 0 aromatic carbocycles. The van der Waals surface area contributed by atoms with Gasteiger partial charge in [0.25, 0.3) is 0 Å². The highest BCUT2D eigenvalue weighted by Gasteiger charge is 2.41. The topological polar surface area (TPSA) is 52.9 Å². The standard InChI is InChI=1S/C15H26N2O/c1-12(2)9-15(7-5-6-8-15)13(18)17-11-14(3,4)10-16/h12H,5-9,11H2,1-4H3,(H,17,18). The van der Waals surface area contributed by atoms with Gasteiger partial charge in [0.2, 0.25) is 5.91 Å². The van der Waals surface area contributed by atoms with Gasteiger partial charge in [-0.05, 0) is 39.0 Å². The Morgan fingerprint density at radius 2 is 1.94 bits per heavy atom. The van der Waals surface area contributed by atoms with Crippen molar-refractivity contribution in [3.05, 3.63) is 0 Å². The second kappa shape index (κ2) is 5.73. The van der Waals surface area contributed by atoms with Crippen molar-refractivity contribution in [3.63, 3.8) is 0 Å². The summed E-state index contributed by atoms with van der Waals surface area (Å²) in [6.45, 7) is 8.51. The van der Waals surface area contributed by atoms with Crippen LogP contribution in [0.4, 0.5) is 0 Å². The Morgan fingerprint density at radius 1 is 1.39 bits per heavy atom. The summed E-state index contributed by atoms with van der Waals surface area (Å²) in [5.74, 6) is 0.704. The molecule has 1 aliphatic carbocycles. The number of carbonyl (C=O) groups is 1. The van der Waals surface area contributed by atoms with Crippen LogP contribution in [0.2, 0.25) is 0 Å². The van der Waals surface area contributed by atoms with E-state index in [1.54, 1.807) is 0 Å². The molecule has 0 unspecified atom stereocenters. The van der Waals surface area contributed by atoms with E-state index < -0.39 is 5.41 Å². The van der Waals surface area contributed by atoms with Crippen LogP contribution in [0.1, 0.15) is 59.8 Å². The van der Waals surface area contributed by atoms with E-state index in [4.69, 9.17) is 5.26 Å². The highest BCUT2D eigenvalue weighted by molar-refractivity contribution is 5.83. The number of nitriles is 1. The second-order valence-corrected chi connectivity index (χ2v) is 6.76. The lowest BCUT2D eigenvalue weighted by Crippen LogP contribution is -2.43. The molecule has 1 N–H and O–H groups in total. The summed E-state index contributed by atoms with van der Waals surface area (Å²) in [6.07, 6.45) is 5.28. The van der Waals surface area contributed by atoms with Gasteiger partial charge >= 0.3 is 0 Å². The molecule has 102 valence electrons. The van der Waals surface area contributed by atoms with Crippen molar-refractivity contribution in [3.8, 4) is 6.07 Å². The summed E-state index contributed by atoms with van der Waals surface area (Å²) in [5, 5.41) is 12.0. The van der Waals surface area contributed by atoms with Crippen LogP contribution >= 0.6 is 0 Å². The van der Waals surface area contributed by atoms with E-state index in [1.165, 1.54) is 0 Å². The van der Waals surface area contributed by atoms with E-state index in [0.29, 0.717) is 12.5 Å². The number of rotatable bonds is 5. The highest BCUT2D eigenvalue weighted by atomic mass is 16.2. The van der Waals surface area contributed by atoms with E-state index in [1.807, 2.05) is 13.8 Å². The lowest BCUT2D eigenvalue weighted by molar-refractivity contribution is -0.132. The Balaban J connectivity index is 2.65. The van der Waals surface area contributed by atoms with Crippen LogP contribution in [0.3, 0.4) is 0 Å². The van der Waals surface area contributed by atoms with Gasteiger partial charge < -0.3 is 5.32 Å². The first-order chi connectivity index (χ1) is 8.31. The van der Waals surface area contributed by atoms with Crippen molar-refractivity contribution in [2.75, 3.05) is 6.54 Å². The second-order valence-electron chi connectivity index (χ2n) is 6.76. The van der Waals surface area contributed by atoms with Gasteiger partial charge in [0.15, 0.2) is 0 Å². The summed E-state index contributed by atoms with van der Waals surface area (Å²) < 4.78 is 0. The van der Waals surface area contributed by atoms with E-state index in [2.05, 4.69) is 25.2 Å². The molecule has 0 atom stereocenters. The average Bonchev–Trinajstić information content (AvgIpc) is 2.75. The SMILES string of the molecule is CC(C)CC1(C(=O)NCC(C)(C)C#N)CCCC1. The smallest absolute Gasteiger partial charge is 0.226 e. The van der Waals surface area contributed by atoms with Crippen molar-refractivity contribution in [1.29, 1.82) is 5.26 Å². The summed E-state index contributed by atoms with van der Waals surface area (Å²) in [5.41, 5.74) is -0.646. The molecule has 0 aromatic heterocycles. The number of nitrogens with zero attached hydrogens (tertiary/aromatic N) is 1. The Bertz CT molecular complexity index is 333. The fourth-order valence-corrected chi connectivity index (χ4v) is 2.89. The van der Waals surface area contributed by atoms with Gasteiger partial charge in [-0.1, -0.05) is 26.7 Å². The molecule has 0 spiro atoms. The van der Waals surface area contributed by atoms with Crippen LogP contribution in [-0.4, -0.2) is 12.5 Å².